The number of aromatic amines is 1. The zero-order chi connectivity index (χ0) is 12.7. The number of fused-ring (bicyclic) bond motifs is 1. The maximum absolute atomic E-state index is 6.10. The fourth-order valence-electron chi connectivity index (χ4n) is 1.83. The lowest BCUT2D eigenvalue weighted by molar-refractivity contribution is 1.17. The van der Waals surface area contributed by atoms with E-state index in [-0.39, 0.29) is 5.28 Å². The number of hydrogen-bond donors (Lipinski definition) is 1. The Morgan fingerprint density at radius 3 is 2.78 bits per heavy atom. The van der Waals surface area contributed by atoms with Crippen LogP contribution in [0.25, 0.3) is 22.2 Å². The van der Waals surface area contributed by atoms with Crippen molar-refractivity contribution in [2.24, 2.45) is 0 Å². The van der Waals surface area contributed by atoms with E-state index in [1.807, 2.05) is 24.4 Å². The normalized spacial score (nSPS) is 11.1. The summed E-state index contributed by atoms with van der Waals surface area (Å²) in [5.41, 5.74) is 2.39. The molecule has 2 heterocycles. The maximum Gasteiger partial charge on any atom is 0.222 e. The number of benzene rings is 1. The topological polar surface area (TPSA) is 41.6 Å². The largest absolute Gasteiger partial charge is 0.360 e. The minimum Gasteiger partial charge on any atom is -0.360 e. The number of nitrogens with zero attached hydrogens (tertiary/aromatic N) is 2. The first-order valence-electron chi connectivity index (χ1n) is 5.10. The molecule has 6 heteroatoms. The average molecular weight is 299 g/mol. The predicted octanol–water partition coefficient (Wildman–Crippen LogP) is 4.59. The molecule has 0 spiro atoms. The molecule has 0 aliphatic rings. The molecule has 3 nitrogen and oxygen atoms in total. The van der Waals surface area contributed by atoms with Gasteiger partial charge in [-0.1, -0.05) is 29.3 Å². The third kappa shape index (κ3) is 1.94. The molecule has 0 unspecified atom stereocenters. The lowest BCUT2D eigenvalue weighted by Crippen LogP contribution is -1.87. The highest BCUT2D eigenvalue weighted by Gasteiger charge is 2.12. The molecule has 18 heavy (non-hydrogen) atoms. The van der Waals surface area contributed by atoms with Gasteiger partial charge in [-0.3, -0.25) is 0 Å². The number of hydrogen-bond acceptors (Lipinski definition) is 2. The lowest BCUT2D eigenvalue weighted by Gasteiger charge is -2.02. The van der Waals surface area contributed by atoms with Crippen molar-refractivity contribution in [1.29, 1.82) is 0 Å². The minimum absolute atomic E-state index is 0.165. The van der Waals surface area contributed by atoms with Crippen LogP contribution in [0.5, 0.6) is 0 Å². The third-order valence-electron chi connectivity index (χ3n) is 2.61. The van der Waals surface area contributed by atoms with Crippen LogP contribution >= 0.6 is 34.8 Å². The van der Waals surface area contributed by atoms with E-state index in [4.69, 9.17) is 34.8 Å². The van der Waals surface area contributed by atoms with Crippen LogP contribution in [-0.2, 0) is 0 Å². The quantitative estimate of drug-likeness (QED) is 0.668. The number of H-pyrrole nitrogens is 1. The van der Waals surface area contributed by atoms with Gasteiger partial charge in [-0.25, -0.2) is 9.97 Å². The SMILES string of the molecule is Clc1ccc2c(-c3nc(Cl)ncc3Cl)c[nH]c2c1. The molecule has 0 fully saturated rings. The molecular formula is C12H6Cl3N3. The summed E-state index contributed by atoms with van der Waals surface area (Å²) in [6.45, 7) is 0. The lowest BCUT2D eigenvalue weighted by atomic mass is 10.1. The Kier molecular flexibility index (Phi) is 2.90. The minimum atomic E-state index is 0.165. The Labute approximate surface area is 118 Å². The zero-order valence-electron chi connectivity index (χ0n) is 8.92. The summed E-state index contributed by atoms with van der Waals surface area (Å²) in [5.74, 6) is 0. The molecular weight excluding hydrogens is 293 g/mol. The van der Waals surface area contributed by atoms with Crippen LogP contribution < -0.4 is 0 Å². The van der Waals surface area contributed by atoms with Gasteiger partial charge in [0, 0.05) is 27.7 Å². The monoisotopic (exact) mass is 297 g/mol. The molecule has 1 N–H and O–H groups in total. The van der Waals surface area contributed by atoms with Gasteiger partial charge < -0.3 is 4.98 Å². The van der Waals surface area contributed by atoms with E-state index >= 15 is 0 Å². The van der Waals surface area contributed by atoms with Crippen LogP contribution in [0.15, 0.2) is 30.6 Å². The summed E-state index contributed by atoms with van der Waals surface area (Å²) < 4.78 is 0. The highest BCUT2D eigenvalue weighted by molar-refractivity contribution is 6.34. The smallest absolute Gasteiger partial charge is 0.222 e. The standard InChI is InChI=1S/C12H6Cl3N3/c13-6-1-2-7-8(4-16-10(7)3-6)11-9(14)5-17-12(15)18-11/h1-5,16H. The van der Waals surface area contributed by atoms with E-state index in [0.29, 0.717) is 15.7 Å². The Bertz CT molecular complexity index is 737. The Morgan fingerprint density at radius 2 is 1.94 bits per heavy atom. The molecule has 0 radical (unpaired) electrons. The Morgan fingerprint density at radius 1 is 1.11 bits per heavy atom. The van der Waals surface area contributed by atoms with Crippen molar-refractivity contribution in [3.63, 3.8) is 0 Å². The first-order valence-corrected chi connectivity index (χ1v) is 6.23. The van der Waals surface area contributed by atoms with Crippen molar-refractivity contribution in [1.82, 2.24) is 15.0 Å². The molecule has 0 amide bonds. The molecule has 3 rings (SSSR count). The van der Waals surface area contributed by atoms with Gasteiger partial charge in [-0.15, -0.1) is 0 Å². The predicted molar refractivity (Wildman–Crippen MR) is 74.4 cm³/mol. The molecule has 2 aromatic heterocycles. The van der Waals surface area contributed by atoms with Crippen LogP contribution in [0, 0.1) is 0 Å². The van der Waals surface area contributed by atoms with Gasteiger partial charge in [-0.05, 0) is 23.7 Å². The van der Waals surface area contributed by atoms with Crippen molar-refractivity contribution in [2.45, 2.75) is 0 Å². The van der Waals surface area contributed by atoms with Crippen LogP contribution in [0.1, 0.15) is 0 Å². The third-order valence-corrected chi connectivity index (χ3v) is 3.31. The van der Waals surface area contributed by atoms with Crippen molar-refractivity contribution in [3.8, 4) is 11.3 Å². The summed E-state index contributed by atoms with van der Waals surface area (Å²) in [6, 6.07) is 5.57. The van der Waals surface area contributed by atoms with Gasteiger partial charge in [-0.2, -0.15) is 0 Å². The van der Waals surface area contributed by atoms with Gasteiger partial charge in [0.2, 0.25) is 5.28 Å². The van der Waals surface area contributed by atoms with E-state index in [2.05, 4.69) is 15.0 Å². The molecule has 90 valence electrons. The summed E-state index contributed by atoms with van der Waals surface area (Å²) in [4.78, 5) is 11.1. The summed E-state index contributed by atoms with van der Waals surface area (Å²) >= 11 is 17.8. The summed E-state index contributed by atoms with van der Waals surface area (Å²) in [6.07, 6.45) is 3.31. The second-order valence-electron chi connectivity index (χ2n) is 3.73. The second kappa shape index (κ2) is 4.43. The van der Waals surface area contributed by atoms with Crippen LogP contribution in [0.4, 0.5) is 0 Å². The Hall–Kier alpha value is -1.29. The number of rotatable bonds is 1. The molecule has 0 bridgehead atoms. The van der Waals surface area contributed by atoms with Crippen molar-refractivity contribution < 1.29 is 0 Å². The van der Waals surface area contributed by atoms with E-state index in [0.717, 1.165) is 16.5 Å². The molecule has 3 aromatic rings. The highest BCUT2D eigenvalue weighted by atomic mass is 35.5. The van der Waals surface area contributed by atoms with E-state index in [9.17, 15) is 0 Å². The van der Waals surface area contributed by atoms with Gasteiger partial charge in [0.15, 0.2) is 0 Å². The van der Waals surface area contributed by atoms with Crippen LogP contribution in [0.3, 0.4) is 0 Å². The molecule has 0 atom stereocenters. The van der Waals surface area contributed by atoms with Gasteiger partial charge >= 0.3 is 0 Å². The van der Waals surface area contributed by atoms with Gasteiger partial charge in [0.05, 0.1) is 16.9 Å². The highest BCUT2D eigenvalue weighted by Crippen LogP contribution is 2.33. The van der Waals surface area contributed by atoms with E-state index < -0.39 is 0 Å². The van der Waals surface area contributed by atoms with Crippen LogP contribution in [-0.4, -0.2) is 15.0 Å². The number of aromatic nitrogens is 3. The zero-order valence-corrected chi connectivity index (χ0v) is 11.2. The summed E-state index contributed by atoms with van der Waals surface area (Å²) in [7, 11) is 0. The van der Waals surface area contributed by atoms with E-state index in [1.165, 1.54) is 6.20 Å². The Balaban J connectivity index is 2.28. The number of nitrogens with one attached hydrogen (secondary N) is 1. The van der Waals surface area contributed by atoms with Crippen molar-refractivity contribution in [3.05, 3.63) is 45.9 Å². The molecule has 0 aliphatic heterocycles. The molecule has 0 saturated carbocycles. The molecule has 1 aromatic carbocycles. The first kappa shape index (κ1) is 11.8. The molecule has 0 aliphatic carbocycles. The number of halogens is 3. The summed E-state index contributed by atoms with van der Waals surface area (Å²) in [5, 5.41) is 2.27. The molecule has 0 saturated heterocycles. The average Bonchev–Trinajstić information content (AvgIpc) is 2.75. The van der Waals surface area contributed by atoms with Crippen molar-refractivity contribution >= 4 is 45.7 Å². The fourth-order valence-corrected chi connectivity index (χ4v) is 2.33. The van der Waals surface area contributed by atoms with E-state index in [1.54, 1.807) is 0 Å². The second-order valence-corrected chi connectivity index (χ2v) is 4.91. The maximum atomic E-state index is 6.10. The fraction of sp³-hybridized carbons (Fsp3) is 0. The van der Waals surface area contributed by atoms with Crippen molar-refractivity contribution in [2.75, 3.05) is 0 Å². The first-order chi connectivity index (χ1) is 8.65. The van der Waals surface area contributed by atoms with Crippen LogP contribution in [0.2, 0.25) is 15.3 Å². The van der Waals surface area contributed by atoms with Gasteiger partial charge in [0.1, 0.15) is 0 Å². The van der Waals surface area contributed by atoms with Gasteiger partial charge in [0.25, 0.3) is 0 Å².